The van der Waals surface area contributed by atoms with Crippen molar-refractivity contribution < 1.29 is 27.9 Å². The van der Waals surface area contributed by atoms with E-state index in [4.69, 9.17) is 10.6 Å². The second-order valence-electron chi connectivity index (χ2n) is 10.3. The van der Waals surface area contributed by atoms with E-state index in [1.807, 2.05) is 0 Å². The van der Waals surface area contributed by atoms with E-state index in [-0.39, 0.29) is 25.0 Å². The van der Waals surface area contributed by atoms with E-state index in [1.165, 1.54) is 6.07 Å². The molecule has 3 N–H and O–H groups in total. The number of aliphatic hydroxyl groups excluding tert-OH is 1. The number of hydrogen-bond donors (Lipinski definition) is 2. The van der Waals surface area contributed by atoms with Crippen molar-refractivity contribution in [3.8, 4) is 0 Å². The fourth-order valence-electron chi connectivity index (χ4n) is 5.20. The van der Waals surface area contributed by atoms with Crippen molar-refractivity contribution in [1.82, 2.24) is 4.90 Å². The third kappa shape index (κ3) is 6.51. The second kappa shape index (κ2) is 11.2. The molecule has 1 heterocycles. The van der Waals surface area contributed by atoms with E-state index < -0.39 is 17.3 Å². The highest BCUT2D eigenvalue weighted by Crippen LogP contribution is 2.41. The highest BCUT2D eigenvalue weighted by atomic mass is 19.4. The molecule has 1 saturated carbocycles. The van der Waals surface area contributed by atoms with Crippen LogP contribution >= 0.6 is 0 Å². The Balaban J connectivity index is 1.38. The van der Waals surface area contributed by atoms with Crippen LogP contribution < -0.4 is 5.73 Å². The summed E-state index contributed by atoms with van der Waals surface area (Å²) >= 11 is 0. The number of carbonyl (C=O) groups excluding carboxylic acids is 1. The molecule has 1 unspecified atom stereocenters. The molecule has 0 radical (unpaired) electrons. The van der Waals surface area contributed by atoms with Gasteiger partial charge in [0.15, 0.2) is 0 Å². The molecule has 1 atom stereocenters. The molecule has 4 rings (SSSR count). The number of hydrogen-bond acceptors (Lipinski definition) is 5. The molecule has 0 spiro atoms. The minimum Gasteiger partial charge on any atom is -0.394 e. The van der Waals surface area contributed by atoms with E-state index >= 15 is 0 Å². The van der Waals surface area contributed by atoms with Gasteiger partial charge >= 0.3 is 6.18 Å². The highest BCUT2D eigenvalue weighted by molar-refractivity contribution is 6.00. The molecule has 6 nitrogen and oxygen atoms in total. The van der Waals surface area contributed by atoms with Crippen LogP contribution in [0.3, 0.4) is 0 Å². The smallest absolute Gasteiger partial charge is 0.394 e. The normalized spacial score (nSPS) is 21.4. The average molecular weight is 518 g/mol. The van der Waals surface area contributed by atoms with Crippen LogP contribution in [0.15, 0.2) is 47.6 Å². The molecule has 2 aromatic rings. The molecular formula is C28H34F3N3O3. The van der Waals surface area contributed by atoms with Crippen LogP contribution in [0, 0.1) is 0 Å². The number of nitrogens with zero attached hydrogens (tertiary/aromatic N) is 2. The largest absolute Gasteiger partial charge is 0.416 e. The van der Waals surface area contributed by atoms with E-state index in [9.17, 15) is 23.1 Å². The van der Waals surface area contributed by atoms with Gasteiger partial charge in [-0.25, -0.2) is 0 Å². The van der Waals surface area contributed by atoms with Crippen molar-refractivity contribution in [2.24, 2.45) is 10.9 Å². The first-order valence-corrected chi connectivity index (χ1v) is 12.8. The number of oxime groups is 1. The van der Waals surface area contributed by atoms with Gasteiger partial charge in [0.1, 0.15) is 6.61 Å². The van der Waals surface area contributed by atoms with Crippen molar-refractivity contribution >= 4 is 11.6 Å². The molecule has 37 heavy (non-hydrogen) atoms. The lowest BCUT2D eigenvalue weighted by molar-refractivity contribution is -0.138. The SMILES string of the molecule is C/C(=N\OCc1ccc(C2CCCCC2)c(C(F)(F)F)c1)c1ccc(C(=O)N2CCC(N)(CO)C2)cc1. The van der Waals surface area contributed by atoms with Gasteiger partial charge in [0.05, 0.1) is 23.4 Å². The summed E-state index contributed by atoms with van der Waals surface area (Å²) in [6, 6.07) is 11.3. The van der Waals surface area contributed by atoms with Crippen LogP contribution in [0.4, 0.5) is 13.2 Å². The van der Waals surface area contributed by atoms with Gasteiger partial charge in [0, 0.05) is 18.7 Å². The van der Waals surface area contributed by atoms with Gasteiger partial charge in [-0.15, -0.1) is 0 Å². The minimum atomic E-state index is -4.42. The molecule has 1 amide bonds. The molecule has 9 heteroatoms. The number of rotatable bonds is 7. The van der Waals surface area contributed by atoms with Crippen molar-refractivity contribution in [2.45, 2.75) is 69.7 Å². The van der Waals surface area contributed by atoms with Crippen LogP contribution in [-0.2, 0) is 17.6 Å². The lowest BCUT2D eigenvalue weighted by Crippen LogP contribution is -2.46. The molecule has 1 aliphatic heterocycles. The van der Waals surface area contributed by atoms with Crippen molar-refractivity contribution in [1.29, 1.82) is 0 Å². The zero-order valence-corrected chi connectivity index (χ0v) is 21.1. The number of alkyl halides is 3. The first-order valence-electron chi connectivity index (χ1n) is 12.8. The van der Waals surface area contributed by atoms with Gasteiger partial charge in [0.25, 0.3) is 5.91 Å². The van der Waals surface area contributed by atoms with Gasteiger partial charge in [0.2, 0.25) is 0 Å². The number of amides is 1. The van der Waals surface area contributed by atoms with Gasteiger partial charge in [-0.3, -0.25) is 4.79 Å². The third-order valence-corrected chi connectivity index (χ3v) is 7.44. The monoisotopic (exact) mass is 517 g/mol. The molecule has 2 aromatic carbocycles. The highest BCUT2D eigenvalue weighted by Gasteiger charge is 2.37. The number of benzene rings is 2. The van der Waals surface area contributed by atoms with Crippen molar-refractivity contribution in [2.75, 3.05) is 19.7 Å². The third-order valence-electron chi connectivity index (χ3n) is 7.44. The molecule has 200 valence electrons. The molecule has 1 saturated heterocycles. The Bertz CT molecular complexity index is 1130. The Morgan fingerprint density at radius 2 is 1.81 bits per heavy atom. The van der Waals surface area contributed by atoms with Crippen LogP contribution in [0.2, 0.25) is 0 Å². The van der Waals surface area contributed by atoms with Crippen molar-refractivity contribution in [3.05, 3.63) is 70.3 Å². The van der Waals surface area contributed by atoms with E-state index in [0.717, 1.165) is 37.7 Å². The summed E-state index contributed by atoms with van der Waals surface area (Å²) in [5.41, 5.74) is 7.28. The molecule has 1 aliphatic carbocycles. The molecule has 0 bridgehead atoms. The fourth-order valence-corrected chi connectivity index (χ4v) is 5.20. The summed E-state index contributed by atoms with van der Waals surface area (Å²) in [4.78, 5) is 19.8. The maximum absolute atomic E-state index is 13.8. The zero-order chi connectivity index (χ0) is 26.6. The molecule has 2 fully saturated rings. The Hall–Kier alpha value is -2.91. The lowest BCUT2D eigenvalue weighted by Gasteiger charge is -2.25. The Kier molecular flexibility index (Phi) is 8.23. The summed E-state index contributed by atoms with van der Waals surface area (Å²) in [5, 5.41) is 13.5. The summed E-state index contributed by atoms with van der Waals surface area (Å²) in [7, 11) is 0. The maximum Gasteiger partial charge on any atom is 0.416 e. The Morgan fingerprint density at radius 3 is 2.43 bits per heavy atom. The quantitative estimate of drug-likeness (QED) is 0.389. The van der Waals surface area contributed by atoms with E-state index in [2.05, 4.69) is 5.16 Å². The van der Waals surface area contributed by atoms with Crippen LogP contribution in [-0.4, -0.2) is 46.9 Å². The summed E-state index contributed by atoms with van der Waals surface area (Å²) in [5.74, 6) is -0.205. The summed E-state index contributed by atoms with van der Waals surface area (Å²) in [6.45, 7) is 2.27. The Morgan fingerprint density at radius 1 is 1.14 bits per heavy atom. The summed E-state index contributed by atoms with van der Waals surface area (Å²) in [6.07, 6.45) is 0.726. The van der Waals surface area contributed by atoms with Gasteiger partial charge < -0.3 is 20.6 Å². The minimum absolute atomic E-state index is 0.0477. The molecule has 0 aromatic heterocycles. The predicted molar refractivity (Wildman–Crippen MR) is 135 cm³/mol. The predicted octanol–water partition coefficient (Wildman–Crippen LogP) is 5.23. The van der Waals surface area contributed by atoms with Gasteiger partial charge in [-0.05, 0) is 67.0 Å². The fraction of sp³-hybridized carbons (Fsp3) is 0.500. The van der Waals surface area contributed by atoms with Crippen molar-refractivity contribution in [3.63, 3.8) is 0 Å². The number of aliphatic hydroxyl groups is 1. The first-order chi connectivity index (χ1) is 17.6. The van der Waals surface area contributed by atoms with Gasteiger partial charge in [-0.2, -0.15) is 13.2 Å². The number of likely N-dealkylation sites (tertiary alicyclic amines) is 1. The van der Waals surface area contributed by atoms with Crippen LogP contribution in [0.25, 0.3) is 0 Å². The Labute approximate surface area is 215 Å². The number of carbonyl (C=O) groups is 1. The van der Waals surface area contributed by atoms with Gasteiger partial charge in [-0.1, -0.05) is 48.7 Å². The second-order valence-corrected chi connectivity index (χ2v) is 10.3. The first kappa shape index (κ1) is 27.1. The number of nitrogens with two attached hydrogens (primary N) is 1. The lowest BCUT2D eigenvalue weighted by atomic mass is 9.81. The van der Waals surface area contributed by atoms with E-state index in [0.29, 0.717) is 41.9 Å². The summed E-state index contributed by atoms with van der Waals surface area (Å²) < 4.78 is 41.4. The zero-order valence-electron chi connectivity index (χ0n) is 21.1. The van der Waals surface area contributed by atoms with Crippen LogP contribution in [0.5, 0.6) is 0 Å². The average Bonchev–Trinajstić information content (AvgIpc) is 3.31. The standard InChI is InChI=1S/C28H34F3N3O3/c1-19(21-8-10-23(11-9-21)26(36)34-14-13-27(32,17-34)18-35)33-37-16-20-7-12-24(22-5-3-2-4-6-22)25(15-20)28(29,30)31/h7-12,15,22,35H,2-6,13-14,16-18,32H2,1H3/b33-19+. The number of halogens is 3. The molecular weight excluding hydrogens is 483 g/mol. The molecule has 2 aliphatic rings. The van der Waals surface area contributed by atoms with E-state index in [1.54, 1.807) is 48.2 Å². The van der Waals surface area contributed by atoms with Crippen LogP contribution in [0.1, 0.15) is 84.0 Å². The topological polar surface area (TPSA) is 88.2 Å². The maximum atomic E-state index is 13.8.